The molecule has 1 aliphatic heterocycles. The van der Waals surface area contributed by atoms with E-state index >= 15 is 0 Å². The van der Waals surface area contributed by atoms with Crippen LogP contribution in [0.5, 0.6) is 0 Å². The van der Waals surface area contributed by atoms with Gasteiger partial charge < -0.3 is 23.7 Å². The highest BCUT2D eigenvalue weighted by molar-refractivity contribution is 14.1. The van der Waals surface area contributed by atoms with E-state index < -0.39 is 52.4 Å². The summed E-state index contributed by atoms with van der Waals surface area (Å²) in [7, 11) is 0. The molecule has 0 unspecified atom stereocenters. The van der Waals surface area contributed by atoms with E-state index in [0.29, 0.717) is 0 Å². The van der Waals surface area contributed by atoms with Crippen molar-refractivity contribution in [3.63, 3.8) is 0 Å². The molecule has 1 rings (SSSR count). The molecular weight excluding hydrogens is 439 g/mol. The van der Waals surface area contributed by atoms with Crippen LogP contribution in [0.3, 0.4) is 0 Å². The van der Waals surface area contributed by atoms with Gasteiger partial charge in [-0.1, -0.05) is 22.6 Å². The Kier molecular flexibility index (Phi) is 7.87. The van der Waals surface area contributed by atoms with Gasteiger partial charge in [-0.2, -0.15) is 0 Å². The summed E-state index contributed by atoms with van der Waals surface area (Å²) in [6.07, 6.45) is -3.97. The Morgan fingerprint density at radius 1 is 0.833 bits per heavy atom. The van der Waals surface area contributed by atoms with Crippen molar-refractivity contribution < 1.29 is 42.9 Å². The van der Waals surface area contributed by atoms with Crippen molar-refractivity contribution in [2.75, 3.05) is 6.61 Å². The van der Waals surface area contributed by atoms with Gasteiger partial charge in [-0.05, 0) is 0 Å². The molecule has 10 heteroatoms. The number of rotatable bonds is 5. The Bertz CT molecular complexity index is 490. The van der Waals surface area contributed by atoms with Gasteiger partial charge in [0.1, 0.15) is 16.6 Å². The number of hydrogen-bond donors (Lipinski definition) is 0. The predicted octanol–water partition coefficient (Wildman–Crippen LogP) is 0.504. The largest absolute Gasteiger partial charge is 0.463 e. The van der Waals surface area contributed by atoms with Crippen LogP contribution in [0.1, 0.15) is 27.7 Å². The van der Waals surface area contributed by atoms with E-state index in [1.54, 1.807) is 0 Å². The standard InChI is InChI=1S/C14H19IO9/c1-6(16)20-5-10-12(21-7(2)17)13(22-8(3)18)11(15)14(24-10)23-9(4)19/h10-14H,5H2,1-4H3/t10-,11+,12-,13-,14+/m0/s1. The van der Waals surface area contributed by atoms with E-state index in [-0.39, 0.29) is 6.61 Å². The average Bonchev–Trinajstić information content (AvgIpc) is 2.42. The minimum absolute atomic E-state index is 0.258. The lowest BCUT2D eigenvalue weighted by molar-refractivity contribution is -0.254. The second-order valence-electron chi connectivity index (χ2n) is 5.05. The molecule has 0 aromatic rings. The first-order valence-electron chi connectivity index (χ1n) is 7.06. The number of alkyl halides is 1. The fraction of sp³-hybridized carbons (Fsp3) is 0.714. The van der Waals surface area contributed by atoms with Crippen molar-refractivity contribution in [2.45, 2.75) is 56.2 Å². The average molecular weight is 458 g/mol. The molecule has 5 atom stereocenters. The molecular formula is C14H19IO9. The summed E-state index contributed by atoms with van der Waals surface area (Å²) >= 11 is 1.88. The highest BCUT2D eigenvalue weighted by atomic mass is 127. The van der Waals surface area contributed by atoms with Gasteiger partial charge in [0.25, 0.3) is 0 Å². The van der Waals surface area contributed by atoms with E-state index in [2.05, 4.69) is 0 Å². The lowest BCUT2D eigenvalue weighted by Gasteiger charge is -2.42. The zero-order chi connectivity index (χ0) is 18.4. The maximum atomic E-state index is 11.4. The van der Waals surface area contributed by atoms with Crippen LogP contribution < -0.4 is 0 Å². The third-order valence-corrected chi connectivity index (χ3v) is 4.21. The van der Waals surface area contributed by atoms with Crippen LogP contribution in [0.2, 0.25) is 0 Å². The molecule has 0 saturated carbocycles. The molecule has 0 amide bonds. The number of halogens is 1. The number of hydrogen-bond acceptors (Lipinski definition) is 9. The molecule has 0 aliphatic carbocycles. The quantitative estimate of drug-likeness (QED) is 0.252. The number of ether oxygens (including phenoxy) is 5. The zero-order valence-corrected chi connectivity index (χ0v) is 15.8. The summed E-state index contributed by atoms with van der Waals surface area (Å²) in [4.78, 5) is 45.0. The molecule has 0 spiro atoms. The Morgan fingerprint density at radius 3 is 1.79 bits per heavy atom. The lowest BCUT2D eigenvalue weighted by atomic mass is 10.0. The normalized spacial score (nSPS) is 29.3. The molecule has 0 bridgehead atoms. The molecule has 0 radical (unpaired) electrons. The Morgan fingerprint density at radius 2 is 1.33 bits per heavy atom. The fourth-order valence-corrected chi connectivity index (χ4v) is 2.99. The molecule has 1 saturated heterocycles. The number of carbonyl (C=O) groups excluding carboxylic acids is 4. The Hall–Kier alpha value is -1.43. The van der Waals surface area contributed by atoms with E-state index in [1.807, 2.05) is 22.6 Å². The highest BCUT2D eigenvalue weighted by Gasteiger charge is 2.50. The topological polar surface area (TPSA) is 114 Å². The summed E-state index contributed by atoms with van der Waals surface area (Å²) in [5, 5.41) is 0. The van der Waals surface area contributed by atoms with Crippen molar-refractivity contribution >= 4 is 46.5 Å². The van der Waals surface area contributed by atoms with Crippen molar-refractivity contribution in [1.82, 2.24) is 0 Å². The Balaban J connectivity index is 3.08. The monoisotopic (exact) mass is 458 g/mol. The minimum atomic E-state index is -1.06. The van der Waals surface area contributed by atoms with Crippen LogP contribution in [0.4, 0.5) is 0 Å². The molecule has 0 aromatic carbocycles. The van der Waals surface area contributed by atoms with E-state index in [4.69, 9.17) is 23.7 Å². The van der Waals surface area contributed by atoms with Crippen molar-refractivity contribution in [3.05, 3.63) is 0 Å². The van der Waals surface area contributed by atoms with Crippen molar-refractivity contribution in [1.29, 1.82) is 0 Å². The molecule has 1 aliphatic rings. The first kappa shape index (κ1) is 20.6. The minimum Gasteiger partial charge on any atom is -0.463 e. The Labute approximate surface area is 152 Å². The molecule has 0 N–H and O–H groups in total. The van der Waals surface area contributed by atoms with Crippen LogP contribution in [0.15, 0.2) is 0 Å². The van der Waals surface area contributed by atoms with Crippen LogP contribution in [0.25, 0.3) is 0 Å². The molecule has 1 fully saturated rings. The second-order valence-corrected chi connectivity index (χ2v) is 6.49. The molecule has 9 nitrogen and oxygen atoms in total. The maximum absolute atomic E-state index is 11.4. The first-order chi connectivity index (χ1) is 11.1. The third kappa shape index (κ3) is 6.23. The van der Waals surface area contributed by atoms with Gasteiger partial charge in [0.05, 0.1) is 0 Å². The van der Waals surface area contributed by atoms with Crippen molar-refractivity contribution in [2.24, 2.45) is 0 Å². The van der Waals surface area contributed by atoms with E-state index in [9.17, 15) is 19.2 Å². The lowest BCUT2D eigenvalue weighted by Crippen LogP contribution is -2.60. The van der Waals surface area contributed by atoms with Gasteiger partial charge in [0.2, 0.25) is 6.29 Å². The van der Waals surface area contributed by atoms with Crippen LogP contribution in [0, 0.1) is 0 Å². The summed E-state index contributed by atoms with van der Waals surface area (Å²) in [6, 6.07) is 0. The van der Waals surface area contributed by atoms with Gasteiger partial charge in [0.15, 0.2) is 12.2 Å². The summed E-state index contributed by atoms with van der Waals surface area (Å²) in [5.41, 5.74) is 0. The van der Waals surface area contributed by atoms with Crippen LogP contribution >= 0.6 is 22.6 Å². The highest BCUT2D eigenvalue weighted by Crippen LogP contribution is 2.32. The molecule has 136 valence electrons. The molecule has 0 aromatic heterocycles. The van der Waals surface area contributed by atoms with Gasteiger partial charge in [0, 0.05) is 27.7 Å². The fourth-order valence-electron chi connectivity index (χ4n) is 2.12. The van der Waals surface area contributed by atoms with E-state index in [0.717, 1.165) is 0 Å². The number of esters is 4. The first-order valence-corrected chi connectivity index (χ1v) is 8.31. The zero-order valence-electron chi connectivity index (χ0n) is 13.6. The van der Waals surface area contributed by atoms with Crippen LogP contribution in [-0.4, -0.2) is 59.0 Å². The van der Waals surface area contributed by atoms with Crippen LogP contribution in [-0.2, 0) is 42.9 Å². The van der Waals surface area contributed by atoms with Crippen molar-refractivity contribution in [3.8, 4) is 0 Å². The van der Waals surface area contributed by atoms with Gasteiger partial charge >= 0.3 is 23.9 Å². The number of carbonyl (C=O) groups is 4. The predicted molar refractivity (Wildman–Crippen MR) is 86.0 cm³/mol. The second kappa shape index (κ2) is 9.16. The SMILES string of the molecule is CC(=O)OC[C@@H]1O[C@@H](OC(C)=O)[C@H](I)[C@H](OC(C)=O)[C@H]1OC(C)=O. The van der Waals surface area contributed by atoms with E-state index in [1.165, 1.54) is 27.7 Å². The third-order valence-electron chi connectivity index (χ3n) is 2.91. The summed E-state index contributed by atoms with van der Waals surface area (Å²) in [6.45, 7) is 4.54. The molecule has 24 heavy (non-hydrogen) atoms. The van der Waals surface area contributed by atoms with Gasteiger partial charge in [-0.3, -0.25) is 19.2 Å². The maximum Gasteiger partial charge on any atom is 0.304 e. The summed E-state index contributed by atoms with van der Waals surface area (Å²) in [5.74, 6) is -2.39. The summed E-state index contributed by atoms with van der Waals surface area (Å²) < 4.78 is 25.3. The van der Waals surface area contributed by atoms with Gasteiger partial charge in [-0.15, -0.1) is 0 Å². The van der Waals surface area contributed by atoms with Gasteiger partial charge in [-0.25, -0.2) is 0 Å². The molecule has 1 heterocycles. The smallest absolute Gasteiger partial charge is 0.304 e.